The molecule has 0 unspecified atom stereocenters. The molecule has 2 aromatic rings. The van der Waals surface area contributed by atoms with Gasteiger partial charge in [0.2, 0.25) is 0 Å². The first-order valence-electron chi connectivity index (χ1n) is 8.07. The lowest BCUT2D eigenvalue weighted by atomic mass is 9.97. The maximum atomic E-state index is 13.0. The fourth-order valence-corrected chi connectivity index (χ4v) is 5.02. The average Bonchev–Trinajstić information content (AvgIpc) is 2.64. The molecule has 2 N–H and O–H groups in total. The number of carboxylic acids is 1. The van der Waals surface area contributed by atoms with Crippen molar-refractivity contribution in [3.05, 3.63) is 53.6 Å². The Morgan fingerprint density at radius 2 is 1.50 bits per heavy atom. The second-order valence-corrected chi connectivity index (χ2v) is 8.78. The summed E-state index contributed by atoms with van der Waals surface area (Å²) in [6.07, 6.45) is 0.0708. The molecule has 6 nitrogen and oxygen atoms in total. The average molecular weight is 396 g/mol. The Morgan fingerprint density at radius 1 is 1.00 bits per heavy atom. The van der Waals surface area contributed by atoms with Crippen LogP contribution < -0.4 is 10.1 Å². The molecule has 8 heteroatoms. The minimum atomic E-state index is -4.03. The highest BCUT2D eigenvalue weighted by atomic mass is 35.5. The molecule has 0 saturated carbocycles. The maximum Gasteiger partial charge on any atom is 0.325 e. The summed E-state index contributed by atoms with van der Waals surface area (Å²) < 4.78 is 29.8. The second-order valence-electron chi connectivity index (χ2n) is 6.08. The Balaban J connectivity index is 1.86. The normalized spacial score (nSPS) is 16.8. The molecule has 1 aliphatic rings. The molecule has 0 aliphatic carbocycles. The highest BCUT2D eigenvalue weighted by Gasteiger charge is 2.52. The number of carboxylic acid groups (broad SMARTS) is 1. The largest absolute Gasteiger partial charge is 0.480 e. The first kappa shape index (κ1) is 18.7. The summed E-state index contributed by atoms with van der Waals surface area (Å²) in [5.41, 5.74) is 0. The van der Waals surface area contributed by atoms with Crippen molar-refractivity contribution in [2.45, 2.75) is 22.5 Å². The fourth-order valence-electron chi connectivity index (χ4n) is 2.98. The number of aliphatic carboxylic acids is 1. The highest BCUT2D eigenvalue weighted by Crippen LogP contribution is 2.35. The third kappa shape index (κ3) is 3.42. The van der Waals surface area contributed by atoms with E-state index in [9.17, 15) is 18.3 Å². The molecule has 2 aromatic carbocycles. The number of nitrogens with one attached hydrogen (secondary N) is 1. The van der Waals surface area contributed by atoms with Crippen LogP contribution in [-0.2, 0) is 14.6 Å². The summed E-state index contributed by atoms with van der Waals surface area (Å²) in [6, 6.07) is 12.5. The van der Waals surface area contributed by atoms with E-state index in [0.29, 0.717) is 29.6 Å². The van der Waals surface area contributed by atoms with Crippen LogP contribution in [0.3, 0.4) is 0 Å². The van der Waals surface area contributed by atoms with Gasteiger partial charge in [-0.3, -0.25) is 4.79 Å². The van der Waals surface area contributed by atoms with Crippen molar-refractivity contribution in [1.29, 1.82) is 0 Å². The lowest BCUT2D eigenvalue weighted by Gasteiger charge is -2.33. The van der Waals surface area contributed by atoms with Crippen molar-refractivity contribution in [1.82, 2.24) is 5.32 Å². The lowest BCUT2D eigenvalue weighted by molar-refractivity contribution is -0.140. The number of benzene rings is 2. The molecule has 0 radical (unpaired) electrons. The Kier molecular flexibility index (Phi) is 5.22. The third-order valence-electron chi connectivity index (χ3n) is 4.50. The zero-order valence-corrected chi connectivity index (χ0v) is 15.4. The number of sulfone groups is 1. The number of hydrogen-bond donors (Lipinski definition) is 2. The van der Waals surface area contributed by atoms with Crippen LogP contribution in [0.2, 0.25) is 5.02 Å². The molecule has 26 heavy (non-hydrogen) atoms. The summed E-state index contributed by atoms with van der Waals surface area (Å²) in [5.74, 6) is -0.299. The molecule has 0 spiro atoms. The van der Waals surface area contributed by atoms with E-state index in [1.165, 1.54) is 24.3 Å². The Bertz CT molecular complexity index is 888. The first-order valence-corrected chi connectivity index (χ1v) is 9.93. The van der Waals surface area contributed by atoms with E-state index in [-0.39, 0.29) is 17.7 Å². The predicted molar refractivity (Wildman–Crippen MR) is 97.6 cm³/mol. The van der Waals surface area contributed by atoms with Gasteiger partial charge in [-0.1, -0.05) is 11.6 Å². The number of piperidine rings is 1. The number of ether oxygens (including phenoxy) is 1. The second kappa shape index (κ2) is 7.26. The van der Waals surface area contributed by atoms with E-state index >= 15 is 0 Å². The first-order chi connectivity index (χ1) is 12.3. The van der Waals surface area contributed by atoms with Gasteiger partial charge in [0.25, 0.3) is 0 Å². The van der Waals surface area contributed by atoms with Gasteiger partial charge in [0.15, 0.2) is 14.6 Å². The monoisotopic (exact) mass is 395 g/mol. The van der Waals surface area contributed by atoms with Crippen LogP contribution >= 0.6 is 11.6 Å². The van der Waals surface area contributed by atoms with Crippen molar-refractivity contribution in [3.8, 4) is 11.5 Å². The Hall–Kier alpha value is -2.09. The Labute approximate surface area is 156 Å². The SMILES string of the molecule is O=C(O)C1(S(=O)(=O)c2ccc(Oc3ccc(Cl)cc3)cc2)CCNCC1. The zero-order valence-electron chi connectivity index (χ0n) is 13.8. The summed E-state index contributed by atoms with van der Waals surface area (Å²) in [4.78, 5) is 11.8. The molecule has 1 aliphatic heterocycles. The standard InChI is InChI=1S/C18H18ClNO5S/c19-13-1-3-14(4-2-13)25-15-5-7-16(8-6-15)26(23,24)18(17(21)22)9-11-20-12-10-18/h1-8,20H,9-12H2,(H,21,22). The maximum absolute atomic E-state index is 13.0. The van der Waals surface area contributed by atoms with Crippen LogP contribution in [0, 0.1) is 0 Å². The van der Waals surface area contributed by atoms with Crippen molar-refractivity contribution in [2.24, 2.45) is 0 Å². The summed E-state index contributed by atoms with van der Waals surface area (Å²) in [7, 11) is -4.03. The number of rotatable bonds is 5. The topological polar surface area (TPSA) is 92.7 Å². The molecule has 3 rings (SSSR count). The van der Waals surface area contributed by atoms with E-state index in [2.05, 4.69) is 5.32 Å². The molecule has 0 aromatic heterocycles. The summed E-state index contributed by atoms with van der Waals surface area (Å²) >= 11 is 5.82. The molecule has 138 valence electrons. The van der Waals surface area contributed by atoms with Gasteiger partial charge in [-0.05, 0) is 74.5 Å². The van der Waals surface area contributed by atoms with Gasteiger partial charge in [-0.25, -0.2) is 8.42 Å². The molecular formula is C18H18ClNO5S. The quantitative estimate of drug-likeness (QED) is 0.808. The van der Waals surface area contributed by atoms with Crippen LogP contribution in [0.1, 0.15) is 12.8 Å². The van der Waals surface area contributed by atoms with E-state index in [4.69, 9.17) is 16.3 Å². The van der Waals surface area contributed by atoms with Gasteiger partial charge >= 0.3 is 5.97 Å². The zero-order chi connectivity index (χ0) is 18.8. The van der Waals surface area contributed by atoms with E-state index in [1.807, 2.05) is 0 Å². The van der Waals surface area contributed by atoms with Gasteiger partial charge in [0.05, 0.1) is 4.90 Å². The highest BCUT2D eigenvalue weighted by molar-refractivity contribution is 7.93. The molecule has 0 amide bonds. The molecule has 0 atom stereocenters. The molecule has 1 heterocycles. The van der Waals surface area contributed by atoms with E-state index < -0.39 is 20.6 Å². The van der Waals surface area contributed by atoms with Gasteiger partial charge in [0.1, 0.15) is 11.5 Å². The molecular weight excluding hydrogens is 378 g/mol. The number of hydrogen-bond acceptors (Lipinski definition) is 5. The third-order valence-corrected chi connectivity index (χ3v) is 7.26. The lowest BCUT2D eigenvalue weighted by Crippen LogP contribution is -2.53. The van der Waals surface area contributed by atoms with Crippen LogP contribution in [-0.4, -0.2) is 37.3 Å². The summed E-state index contributed by atoms with van der Waals surface area (Å²) in [5, 5.41) is 13.2. The van der Waals surface area contributed by atoms with E-state index in [1.54, 1.807) is 24.3 Å². The van der Waals surface area contributed by atoms with Crippen LogP contribution in [0.25, 0.3) is 0 Å². The fraction of sp³-hybridized carbons (Fsp3) is 0.278. The van der Waals surface area contributed by atoms with Crippen molar-refractivity contribution >= 4 is 27.4 Å². The molecule has 1 fully saturated rings. The minimum Gasteiger partial charge on any atom is -0.480 e. The van der Waals surface area contributed by atoms with Gasteiger partial charge in [-0.15, -0.1) is 0 Å². The summed E-state index contributed by atoms with van der Waals surface area (Å²) in [6.45, 7) is 0.701. The minimum absolute atomic E-state index is 0.0229. The van der Waals surface area contributed by atoms with Crippen molar-refractivity contribution in [2.75, 3.05) is 13.1 Å². The van der Waals surface area contributed by atoms with Crippen LogP contribution in [0.5, 0.6) is 11.5 Å². The van der Waals surface area contributed by atoms with E-state index in [0.717, 1.165) is 0 Å². The van der Waals surface area contributed by atoms with Gasteiger partial charge < -0.3 is 15.2 Å². The predicted octanol–water partition coefficient (Wildman–Crippen LogP) is 3.11. The van der Waals surface area contributed by atoms with Crippen molar-refractivity contribution in [3.63, 3.8) is 0 Å². The smallest absolute Gasteiger partial charge is 0.325 e. The molecule has 0 bridgehead atoms. The molecule has 1 saturated heterocycles. The van der Waals surface area contributed by atoms with Gasteiger partial charge in [0, 0.05) is 5.02 Å². The number of halogens is 1. The van der Waals surface area contributed by atoms with Crippen molar-refractivity contribution < 1.29 is 23.1 Å². The number of carbonyl (C=O) groups is 1. The van der Waals surface area contributed by atoms with Crippen LogP contribution in [0.15, 0.2) is 53.4 Å². The van der Waals surface area contributed by atoms with Gasteiger partial charge in [-0.2, -0.15) is 0 Å². The Morgan fingerprint density at radius 3 is 2.00 bits per heavy atom. The van der Waals surface area contributed by atoms with Crippen LogP contribution in [0.4, 0.5) is 0 Å².